The molecule has 0 saturated carbocycles. The molecule has 4 heterocycles. The van der Waals surface area contributed by atoms with E-state index in [1.54, 1.807) is 0 Å². The zero-order valence-electron chi connectivity index (χ0n) is 33.6. The van der Waals surface area contributed by atoms with Gasteiger partial charge in [0, 0.05) is 60.4 Å². The van der Waals surface area contributed by atoms with Crippen molar-refractivity contribution in [2.75, 3.05) is 0 Å². The Balaban J connectivity index is 1.11. The molecule has 0 N–H and O–H groups in total. The number of benzene rings is 8. The number of furan rings is 1. The molecule has 0 fully saturated rings. The fraction of sp³-hybridized carbons (Fsp3) is 0.0727. The van der Waals surface area contributed by atoms with E-state index in [0.717, 1.165) is 80.3 Å². The lowest BCUT2D eigenvalue weighted by molar-refractivity contribution is 0.669. The van der Waals surface area contributed by atoms with Gasteiger partial charge in [-0.15, -0.1) is 0 Å². The molecule has 0 unspecified atom stereocenters. The summed E-state index contributed by atoms with van der Waals surface area (Å²) in [6, 6.07) is 64.3. The highest BCUT2D eigenvalue weighted by Crippen LogP contribution is 2.43. The average Bonchev–Trinajstić information content (AvgIpc) is 3.98. The molecule has 0 atom stereocenters. The van der Waals surface area contributed by atoms with Crippen LogP contribution in [0.15, 0.2) is 186 Å². The van der Waals surface area contributed by atoms with Crippen LogP contribution in [-0.4, -0.2) is 24.1 Å². The van der Waals surface area contributed by atoms with E-state index in [-0.39, 0.29) is 0 Å². The number of rotatable bonds is 8. The zero-order chi connectivity index (χ0) is 40.4. The molecule has 290 valence electrons. The molecule has 6 nitrogen and oxygen atoms in total. The summed E-state index contributed by atoms with van der Waals surface area (Å²) in [6.45, 7) is 2.26. The molecule has 8 aromatic carbocycles. The number of unbranched alkanes of at least 4 members (excludes halogenated alkanes) is 1. The Labute approximate surface area is 352 Å². The molecule has 0 aliphatic rings. The SMILES string of the molecule is CCCCc1ccc2c3ccc4c(c5ccccc5n4-c4cccc(-c5nc(-c6ccccc6)nc(-c6ccccc6)n5)c4)c3n(-c3ccc4oc5ccccc5c4c3)c2c1. The Morgan fingerprint density at radius 3 is 1.84 bits per heavy atom. The predicted octanol–water partition coefficient (Wildman–Crippen LogP) is 14.3. The van der Waals surface area contributed by atoms with E-state index in [2.05, 4.69) is 125 Å². The summed E-state index contributed by atoms with van der Waals surface area (Å²) < 4.78 is 11.2. The second kappa shape index (κ2) is 14.2. The van der Waals surface area contributed by atoms with Crippen LogP contribution >= 0.6 is 0 Å². The van der Waals surface area contributed by atoms with Crippen LogP contribution in [0, 0.1) is 0 Å². The lowest BCUT2D eigenvalue weighted by atomic mass is 10.0. The summed E-state index contributed by atoms with van der Waals surface area (Å²) in [5.74, 6) is 1.90. The molecule has 61 heavy (non-hydrogen) atoms. The van der Waals surface area contributed by atoms with Crippen molar-refractivity contribution in [1.29, 1.82) is 0 Å². The third-order valence-electron chi connectivity index (χ3n) is 12.1. The molecule has 0 aliphatic carbocycles. The number of aryl methyl sites for hydroxylation is 1. The normalized spacial score (nSPS) is 11.9. The summed E-state index contributed by atoms with van der Waals surface area (Å²) in [6.07, 6.45) is 3.36. The van der Waals surface area contributed by atoms with Gasteiger partial charge in [-0.05, 0) is 73.0 Å². The first-order valence-corrected chi connectivity index (χ1v) is 21.1. The van der Waals surface area contributed by atoms with Gasteiger partial charge in [-0.3, -0.25) is 0 Å². The topological polar surface area (TPSA) is 61.7 Å². The van der Waals surface area contributed by atoms with Crippen LogP contribution in [0.25, 0.3) is 111 Å². The van der Waals surface area contributed by atoms with Gasteiger partial charge >= 0.3 is 0 Å². The Bertz CT molecular complexity index is 3580. The first kappa shape index (κ1) is 35.1. The quantitative estimate of drug-likeness (QED) is 0.154. The maximum absolute atomic E-state index is 6.32. The van der Waals surface area contributed by atoms with Crippen molar-refractivity contribution in [2.45, 2.75) is 26.2 Å². The monoisotopic (exact) mass is 785 g/mol. The first-order chi connectivity index (χ1) is 30.2. The molecule has 0 saturated heterocycles. The van der Waals surface area contributed by atoms with Crippen LogP contribution in [0.4, 0.5) is 0 Å². The van der Waals surface area contributed by atoms with E-state index in [9.17, 15) is 0 Å². The van der Waals surface area contributed by atoms with E-state index in [4.69, 9.17) is 19.4 Å². The van der Waals surface area contributed by atoms with Crippen LogP contribution in [0.3, 0.4) is 0 Å². The van der Waals surface area contributed by atoms with Crippen molar-refractivity contribution in [2.24, 2.45) is 0 Å². The summed E-state index contributed by atoms with van der Waals surface area (Å²) >= 11 is 0. The van der Waals surface area contributed by atoms with Crippen LogP contribution in [-0.2, 0) is 6.42 Å². The standard InChI is InChI=1S/C55H39N5O/c1-2-3-15-35-26-28-41-43-29-30-47-51(52(43)60(48(41)32-35)40-27-31-50-45(34-40)42-22-11-13-25-49(42)61-50)44-23-10-12-24-46(44)59(47)39-21-14-20-38(33-39)55-57-53(36-16-6-4-7-17-36)56-54(58-55)37-18-8-5-9-19-37/h4-14,16-34H,2-3,15H2,1H3. The Morgan fingerprint density at radius 2 is 1.07 bits per heavy atom. The van der Waals surface area contributed by atoms with E-state index in [1.165, 1.54) is 38.1 Å². The van der Waals surface area contributed by atoms with E-state index in [0.29, 0.717) is 17.5 Å². The van der Waals surface area contributed by atoms with Crippen LogP contribution in [0.1, 0.15) is 25.3 Å². The third-order valence-corrected chi connectivity index (χ3v) is 12.1. The van der Waals surface area contributed by atoms with Gasteiger partial charge in [-0.25, -0.2) is 15.0 Å². The second-order valence-electron chi connectivity index (χ2n) is 15.9. The van der Waals surface area contributed by atoms with Crippen molar-refractivity contribution >= 4 is 65.6 Å². The molecule has 0 amide bonds. The number of hydrogen-bond donors (Lipinski definition) is 0. The first-order valence-electron chi connectivity index (χ1n) is 21.1. The molecular weight excluding hydrogens is 747 g/mol. The van der Waals surface area contributed by atoms with E-state index in [1.807, 2.05) is 72.8 Å². The molecule has 0 radical (unpaired) electrons. The molecule has 0 spiro atoms. The zero-order valence-corrected chi connectivity index (χ0v) is 33.6. The minimum atomic E-state index is 0.624. The number of fused-ring (bicyclic) bond motifs is 10. The van der Waals surface area contributed by atoms with Gasteiger partial charge in [0.1, 0.15) is 11.2 Å². The van der Waals surface area contributed by atoms with Crippen molar-refractivity contribution < 1.29 is 4.42 Å². The number of aromatic nitrogens is 5. The average molecular weight is 786 g/mol. The van der Waals surface area contributed by atoms with Gasteiger partial charge in [0.2, 0.25) is 0 Å². The summed E-state index contributed by atoms with van der Waals surface area (Å²) in [5.41, 5.74) is 12.7. The molecular formula is C55H39N5O. The highest BCUT2D eigenvalue weighted by Gasteiger charge is 2.22. The fourth-order valence-electron chi connectivity index (χ4n) is 9.26. The summed E-state index contributed by atoms with van der Waals surface area (Å²) in [5, 5.41) is 7.10. The van der Waals surface area contributed by atoms with Crippen molar-refractivity contribution in [3.8, 4) is 45.5 Å². The fourth-order valence-corrected chi connectivity index (χ4v) is 9.26. The highest BCUT2D eigenvalue weighted by molar-refractivity contribution is 6.26. The van der Waals surface area contributed by atoms with Crippen LogP contribution < -0.4 is 0 Å². The van der Waals surface area contributed by atoms with Crippen LogP contribution in [0.5, 0.6) is 0 Å². The molecule has 6 heteroatoms. The molecule has 4 aromatic heterocycles. The minimum Gasteiger partial charge on any atom is -0.456 e. The van der Waals surface area contributed by atoms with E-state index >= 15 is 0 Å². The van der Waals surface area contributed by atoms with Crippen molar-refractivity contribution in [1.82, 2.24) is 24.1 Å². The maximum Gasteiger partial charge on any atom is 0.164 e. The number of para-hydroxylation sites is 2. The van der Waals surface area contributed by atoms with Crippen LogP contribution in [0.2, 0.25) is 0 Å². The largest absolute Gasteiger partial charge is 0.456 e. The highest BCUT2D eigenvalue weighted by atomic mass is 16.3. The van der Waals surface area contributed by atoms with Gasteiger partial charge in [0.15, 0.2) is 17.5 Å². The lowest BCUT2D eigenvalue weighted by Gasteiger charge is -2.12. The maximum atomic E-state index is 6.32. The van der Waals surface area contributed by atoms with Crippen molar-refractivity contribution in [3.63, 3.8) is 0 Å². The molecule has 0 bridgehead atoms. The smallest absolute Gasteiger partial charge is 0.164 e. The molecule has 12 rings (SSSR count). The Kier molecular flexibility index (Phi) is 8.17. The summed E-state index contributed by atoms with van der Waals surface area (Å²) in [4.78, 5) is 15.1. The number of hydrogen-bond acceptors (Lipinski definition) is 4. The Morgan fingerprint density at radius 1 is 0.426 bits per heavy atom. The summed E-state index contributed by atoms with van der Waals surface area (Å²) in [7, 11) is 0. The molecule has 0 aliphatic heterocycles. The predicted molar refractivity (Wildman–Crippen MR) is 251 cm³/mol. The van der Waals surface area contributed by atoms with Crippen molar-refractivity contribution in [3.05, 3.63) is 188 Å². The van der Waals surface area contributed by atoms with Gasteiger partial charge < -0.3 is 13.6 Å². The molecule has 12 aromatic rings. The van der Waals surface area contributed by atoms with Gasteiger partial charge in [-0.2, -0.15) is 0 Å². The third kappa shape index (κ3) is 5.75. The second-order valence-corrected chi connectivity index (χ2v) is 15.9. The number of nitrogens with zero attached hydrogens (tertiary/aromatic N) is 5. The van der Waals surface area contributed by atoms with Gasteiger partial charge in [0.05, 0.1) is 22.1 Å². The minimum absolute atomic E-state index is 0.624. The lowest BCUT2D eigenvalue weighted by Crippen LogP contribution is -2.01. The van der Waals surface area contributed by atoms with E-state index < -0.39 is 0 Å². The van der Waals surface area contributed by atoms with Gasteiger partial charge in [-0.1, -0.05) is 141 Å². The Hall–Kier alpha value is -7.83. The van der Waals surface area contributed by atoms with Gasteiger partial charge in [0.25, 0.3) is 0 Å².